The standard InChI is InChI=1S/C21H24N4.HI/c1-22-21(24-14-7-10-17-8-3-2-4-9-17)25-16-20-19-12-6-5-11-18(19)13-15-23-20;/h2-6,8-9,11-13,15H,7,10,14,16H2,1H3,(H2,22,24,25);1H. The third-order valence-corrected chi connectivity index (χ3v) is 4.18. The summed E-state index contributed by atoms with van der Waals surface area (Å²) < 4.78 is 0. The quantitative estimate of drug-likeness (QED) is 0.252. The second kappa shape index (κ2) is 10.8. The minimum absolute atomic E-state index is 0. The van der Waals surface area contributed by atoms with Crippen LogP contribution in [0.1, 0.15) is 17.7 Å². The number of halogens is 1. The van der Waals surface area contributed by atoms with E-state index in [1.54, 1.807) is 7.05 Å². The van der Waals surface area contributed by atoms with Gasteiger partial charge in [-0.25, -0.2) is 0 Å². The number of aromatic nitrogens is 1. The maximum absolute atomic E-state index is 4.50. The molecule has 1 heterocycles. The number of guanidine groups is 1. The van der Waals surface area contributed by atoms with Crippen molar-refractivity contribution in [2.75, 3.05) is 13.6 Å². The van der Waals surface area contributed by atoms with Crippen molar-refractivity contribution in [1.82, 2.24) is 15.6 Å². The summed E-state index contributed by atoms with van der Waals surface area (Å²) in [6, 6.07) is 20.9. The zero-order chi connectivity index (χ0) is 17.3. The van der Waals surface area contributed by atoms with E-state index in [2.05, 4.69) is 63.1 Å². The fourth-order valence-corrected chi connectivity index (χ4v) is 2.86. The van der Waals surface area contributed by atoms with Crippen molar-refractivity contribution in [2.45, 2.75) is 19.4 Å². The highest BCUT2D eigenvalue weighted by Crippen LogP contribution is 2.15. The minimum Gasteiger partial charge on any atom is -0.356 e. The molecule has 0 saturated heterocycles. The molecule has 0 spiro atoms. The monoisotopic (exact) mass is 460 g/mol. The van der Waals surface area contributed by atoms with Crippen LogP contribution in [0.2, 0.25) is 0 Å². The number of hydrogen-bond donors (Lipinski definition) is 2. The van der Waals surface area contributed by atoms with Crippen LogP contribution in [0, 0.1) is 0 Å². The van der Waals surface area contributed by atoms with Crippen LogP contribution in [0.4, 0.5) is 0 Å². The van der Waals surface area contributed by atoms with Crippen LogP contribution < -0.4 is 10.6 Å². The molecule has 0 fully saturated rings. The molecule has 0 radical (unpaired) electrons. The lowest BCUT2D eigenvalue weighted by molar-refractivity contribution is 0.739. The summed E-state index contributed by atoms with van der Waals surface area (Å²) in [6.45, 7) is 1.54. The second-order valence-electron chi connectivity index (χ2n) is 5.92. The van der Waals surface area contributed by atoms with Gasteiger partial charge in [0, 0.05) is 25.2 Å². The molecule has 2 aromatic carbocycles. The Kier molecular flexibility index (Phi) is 8.34. The molecule has 136 valence electrons. The Morgan fingerprint density at radius 3 is 2.54 bits per heavy atom. The molecule has 3 aromatic rings. The Bertz CT molecular complexity index is 828. The lowest BCUT2D eigenvalue weighted by Crippen LogP contribution is -2.37. The van der Waals surface area contributed by atoms with Gasteiger partial charge in [0.1, 0.15) is 0 Å². The van der Waals surface area contributed by atoms with Crippen LogP contribution in [0.5, 0.6) is 0 Å². The van der Waals surface area contributed by atoms with Gasteiger partial charge in [-0.2, -0.15) is 0 Å². The lowest BCUT2D eigenvalue weighted by Gasteiger charge is -2.12. The summed E-state index contributed by atoms with van der Waals surface area (Å²) in [5, 5.41) is 9.11. The fourth-order valence-electron chi connectivity index (χ4n) is 2.86. The average molecular weight is 460 g/mol. The van der Waals surface area contributed by atoms with Crippen LogP contribution >= 0.6 is 24.0 Å². The molecular weight excluding hydrogens is 435 g/mol. The summed E-state index contributed by atoms with van der Waals surface area (Å²) >= 11 is 0. The van der Waals surface area contributed by atoms with Gasteiger partial charge in [0.2, 0.25) is 0 Å². The van der Waals surface area contributed by atoms with Crippen molar-refractivity contribution in [3.8, 4) is 0 Å². The van der Waals surface area contributed by atoms with Crippen LogP contribution in [0.25, 0.3) is 10.8 Å². The molecule has 0 unspecified atom stereocenters. The van der Waals surface area contributed by atoms with E-state index in [4.69, 9.17) is 0 Å². The Hall–Kier alpha value is -2.15. The van der Waals surface area contributed by atoms with Gasteiger partial charge >= 0.3 is 0 Å². The zero-order valence-corrected chi connectivity index (χ0v) is 17.3. The van der Waals surface area contributed by atoms with Crippen LogP contribution in [0.3, 0.4) is 0 Å². The van der Waals surface area contributed by atoms with Crippen molar-refractivity contribution < 1.29 is 0 Å². The number of nitrogens with zero attached hydrogens (tertiary/aromatic N) is 2. The van der Waals surface area contributed by atoms with Gasteiger partial charge in [-0.1, -0.05) is 54.6 Å². The number of aryl methyl sites for hydroxylation is 1. The highest BCUT2D eigenvalue weighted by atomic mass is 127. The van der Waals surface area contributed by atoms with E-state index in [0.29, 0.717) is 6.54 Å². The van der Waals surface area contributed by atoms with Gasteiger partial charge in [-0.3, -0.25) is 9.98 Å². The minimum atomic E-state index is 0. The summed E-state index contributed by atoms with van der Waals surface area (Å²) in [6.07, 6.45) is 3.99. The van der Waals surface area contributed by atoms with Crippen LogP contribution in [0.15, 0.2) is 71.9 Å². The van der Waals surface area contributed by atoms with E-state index in [-0.39, 0.29) is 24.0 Å². The number of pyridine rings is 1. The first kappa shape index (κ1) is 20.2. The number of rotatable bonds is 6. The molecule has 1 aromatic heterocycles. The molecule has 0 bridgehead atoms. The van der Waals surface area contributed by atoms with Gasteiger partial charge in [0.25, 0.3) is 0 Å². The van der Waals surface area contributed by atoms with Crippen molar-refractivity contribution in [3.63, 3.8) is 0 Å². The Morgan fingerprint density at radius 1 is 0.962 bits per heavy atom. The highest BCUT2D eigenvalue weighted by molar-refractivity contribution is 14.0. The van der Waals surface area contributed by atoms with Gasteiger partial charge in [-0.05, 0) is 29.9 Å². The molecule has 0 amide bonds. The predicted molar refractivity (Wildman–Crippen MR) is 120 cm³/mol. The van der Waals surface area contributed by atoms with Crippen molar-refractivity contribution in [3.05, 3.63) is 78.1 Å². The Labute approximate surface area is 172 Å². The van der Waals surface area contributed by atoms with E-state index in [1.165, 1.54) is 16.3 Å². The van der Waals surface area contributed by atoms with E-state index in [1.807, 2.05) is 24.4 Å². The lowest BCUT2D eigenvalue weighted by atomic mass is 10.1. The number of benzene rings is 2. The van der Waals surface area contributed by atoms with E-state index < -0.39 is 0 Å². The van der Waals surface area contributed by atoms with Crippen LogP contribution in [-0.4, -0.2) is 24.5 Å². The summed E-state index contributed by atoms with van der Waals surface area (Å²) in [5.41, 5.74) is 2.40. The molecule has 5 heteroatoms. The first-order valence-corrected chi connectivity index (χ1v) is 8.68. The number of fused-ring (bicyclic) bond motifs is 1. The van der Waals surface area contributed by atoms with E-state index in [9.17, 15) is 0 Å². The number of aliphatic imine (C=N–C) groups is 1. The SMILES string of the molecule is CN=C(NCCCc1ccccc1)NCc1nccc2ccccc12.I. The molecule has 3 rings (SSSR count). The summed E-state index contributed by atoms with van der Waals surface area (Å²) in [4.78, 5) is 8.80. The smallest absolute Gasteiger partial charge is 0.191 e. The van der Waals surface area contributed by atoms with Crippen LogP contribution in [-0.2, 0) is 13.0 Å². The third-order valence-electron chi connectivity index (χ3n) is 4.18. The molecule has 4 nitrogen and oxygen atoms in total. The highest BCUT2D eigenvalue weighted by Gasteiger charge is 2.03. The molecule has 0 atom stereocenters. The van der Waals surface area contributed by atoms with E-state index >= 15 is 0 Å². The number of nitrogens with one attached hydrogen (secondary N) is 2. The Morgan fingerprint density at radius 2 is 1.73 bits per heavy atom. The first-order chi connectivity index (χ1) is 12.4. The normalized spacial score (nSPS) is 11.0. The maximum Gasteiger partial charge on any atom is 0.191 e. The van der Waals surface area contributed by atoms with E-state index in [0.717, 1.165) is 31.0 Å². The molecule has 0 saturated carbocycles. The van der Waals surface area contributed by atoms with Gasteiger partial charge in [0.05, 0.1) is 12.2 Å². The average Bonchev–Trinajstić information content (AvgIpc) is 2.68. The zero-order valence-electron chi connectivity index (χ0n) is 15.0. The van der Waals surface area contributed by atoms with Crippen molar-refractivity contribution >= 4 is 40.7 Å². The van der Waals surface area contributed by atoms with Gasteiger partial charge in [0.15, 0.2) is 5.96 Å². The fraction of sp³-hybridized carbons (Fsp3) is 0.238. The Balaban J connectivity index is 0.00000243. The molecule has 0 aliphatic heterocycles. The second-order valence-corrected chi connectivity index (χ2v) is 5.92. The molecule has 0 aliphatic carbocycles. The van der Waals surface area contributed by atoms with Crippen molar-refractivity contribution in [2.24, 2.45) is 4.99 Å². The number of hydrogen-bond acceptors (Lipinski definition) is 2. The summed E-state index contributed by atoms with van der Waals surface area (Å²) in [7, 11) is 1.79. The molecule has 26 heavy (non-hydrogen) atoms. The topological polar surface area (TPSA) is 49.3 Å². The first-order valence-electron chi connectivity index (χ1n) is 8.68. The summed E-state index contributed by atoms with van der Waals surface area (Å²) in [5.74, 6) is 0.808. The predicted octanol–water partition coefficient (Wildman–Crippen LogP) is 4.15. The molecule has 0 aliphatic rings. The van der Waals surface area contributed by atoms with Gasteiger partial charge < -0.3 is 10.6 Å². The molecular formula is C21H25IN4. The molecule has 2 N–H and O–H groups in total. The third kappa shape index (κ3) is 5.69. The van der Waals surface area contributed by atoms with Gasteiger partial charge in [-0.15, -0.1) is 24.0 Å². The van der Waals surface area contributed by atoms with Crippen molar-refractivity contribution in [1.29, 1.82) is 0 Å². The largest absolute Gasteiger partial charge is 0.356 e. The maximum atomic E-state index is 4.50.